The molecule has 1 atom stereocenters. The van der Waals surface area contributed by atoms with E-state index < -0.39 is 31.0 Å². The van der Waals surface area contributed by atoms with Crippen molar-refractivity contribution in [2.24, 2.45) is 4.03 Å². The molecule has 0 aromatic heterocycles. The lowest BCUT2D eigenvalue weighted by molar-refractivity contribution is -0.152. The molecule has 0 saturated heterocycles. The van der Waals surface area contributed by atoms with Crippen molar-refractivity contribution in [3.8, 4) is 0 Å². The minimum Gasteiger partial charge on any atom is -0.272 e. The summed E-state index contributed by atoms with van der Waals surface area (Å²) < 4.78 is 58.0. The fourth-order valence-corrected chi connectivity index (χ4v) is 5.69. The highest BCUT2D eigenvalue weighted by Gasteiger charge is 2.31. The Morgan fingerprint density at radius 1 is 1.21 bits per heavy atom. The zero-order valence-corrected chi connectivity index (χ0v) is 12.7. The van der Waals surface area contributed by atoms with Gasteiger partial charge in [-0.3, -0.25) is 8.21 Å². The summed E-state index contributed by atoms with van der Waals surface area (Å²) in [6.07, 6.45) is -4.54. The predicted octanol–water partition coefficient (Wildman–Crippen LogP) is 3.84. The van der Waals surface area contributed by atoms with Crippen LogP contribution in [0.25, 0.3) is 0 Å². The molecule has 0 aliphatic carbocycles. The van der Waals surface area contributed by atoms with E-state index >= 15 is 0 Å². The second-order valence-electron chi connectivity index (χ2n) is 4.93. The van der Waals surface area contributed by atoms with Crippen molar-refractivity contribution in [3.63, 3.8) is 0 Å². The maximum Gasteiger partial charge on any atom is 0.413 e. The molecule has 1 aromatic rings. The first-order chi connectivity index (χ1) is 8.52. The van der Waals surface area contributed by atoms with Gasteiger partial charge >= 0.3 is 6.18 Å². The average molecular weight is 311 g/mol. The van der Waals surface area contributed by atoms with Gasteiger partial charge in [0.05, 0.1) is 4.90 Å². The summed E-state index contributed by atoms with van der Waals surface area (Å²) in [6, 6.07) is 7.78. The van der Waals surface area contributed by atoms with E-state index in [2.05, 4.69) is 8.21 Å². The highest BCUT2D eigenvalue weighted by atomic mass is 32.2. The highest BCUT2D eigenvalue weighted by Crippen LogP contribution is 2.23. The number of nitrogens with zero attached hydrogens (tertiary/aromatic N) is 1. The van der Waals surface area contributed by atoms with Gasteiger partial charge in [0.1, 0.15) is 0 Å². The van der Waals surface area contributed by atoms with E-state index in [9.17, 15) is 17.4 Å². The number of hydrogen-bond donors (Lipinski definition) is 0. The fraction of sp³-hybridized carbons (Fsp3) is 0.455. The van der Waals surface area contributed by atoms with Crippen LogP contribution in [0.5, 0.6) is 0 Å². The van der Waals surface area contributed by atoms with Crippen LogP contribution in [0.4, 0.5) is 13.2 Å². The first kappa shape index (κ1) is 16.2. The summed E-state index contributed by atoms with van der Waals surface area (Å²) in [5.41, 5.74) is 0. The minimum atomic E-state index is -4.54. The van der Waals surface area contributed by atoms with Gasteiger partial charge in [0.15, 0.2) is 24.9 Å². The van der Waals surface area contributed by atoms with Crippen molar-refractivity contribution in [1.82, 2.24) is 0 Å². The third kappa shape index (κ3) is 5.75. The van der Waals surface area contributed by atoms with Gasteiger partial charge in [-0.1, -0.05) is 18.2 Å². The Morgan fingerprint density at radius 3 is 2.16 bits per heavy atom. The summed E-state index contributed by atoms with van der Waals surface area (Å²) >= 11 is 0. The van der Waals surface area contributed by atoms with Crippen LogP contribution in [0.2, 0.25) is 19.6 Å². The maximum atomic E-state index is 12.6. The number of halogens is 3. The van der Waals surface area contributed by atoms with Gasteiger partial charge in [-0.05, 0) is 31.8 Å². The number of hydrogen-bond acceptors (Lipinski definition) is 3. The molecule has 0 aliphatic rings. The van der Waals surface area contributed by atoms with Crippen molar-refractivity contribution in [2.45, 2.75) is 30.7 Å². The van der Waals surface area contributed by atoms with Crippen molar-refractivity contribution in [3.05, 3.63) is 30.3 Å². The van der Waals surface area contributed by atoms with Crippen molar-refractivity contribution >= 4 is 18.2 Å². The molecule has 1 rings (SSSR count). The topological polar surface area (TPSA) is 38.7 Å². The molecular weight excluding hydrogens is 295 g/mol. The molecule has 19 heavy (non-hydrogen) atoms. The molecule has 0 aliphatic heterocycles. The Kier molecular flexibility index (Phi) is 4.80. The molecule has 8 heteroatoms. The Hall–Kier alpha value is -0.863. The smallest absolute Gasteiger partial charge is 0.272 e. The third-order valence-electron chi connectivity index (χ3n) is 1.82. The summed E-state index contributed by atoms with van der Waals surface area (Å²) in [5.74, 6) is 0. The van der Waals surface area contributed by atoms with Gasteiger partial charge in [0.25, 0.3) is 0 Å². The molecule has 0 amide bonds. The second-order valence-corrected chi connectivity index (χ2v) is 11.7. The molecular formula is C11H16F3NO2SSi. The Balaban J connectivity index is 3.21. The molecule has 108 valence electrons. The first-order valence-electron chi connectivity index (χ1n) is 5.56. The number of alkyl halides is 3. The Bertz CT molecular complexity index is 531. The largest absolute Gasteiger partial charge is 0.413 e. The predicted molar refractivity (Wildman–Crippen MR) is 70.6 cm³/mol. The molecule has 0 spiro atoms. The fourth-order valence-electron chi connectivity index (χ4n) is 1.25. The van der Waals surface area contributed by atoms with E-state index in [1.54, 1.807) is 37.8 Å². The quantitative estimate of drug-likeness (QED) is 0.792. The van der Waals surface area contributed by atoms with Crippen LogP contribution in [0, 0.1) is 0 Å². The molecule has 3 nitrogen and oxygen atoms in total. The van der Waals surface area contributed by atoms with Crippen LogP contribution in [-0.2, 0) is 14.2 Å². The van der Waals surface area contributed by atoms with Gasteiger partial charge in [-0.2, -0.15) is 13.2 Å². The third-order valence-corrected chi connectivity index (χ3v) is 6.27. The molecule has 0 saturated carbocycles. The zero-order chi connectivity index (χ0) is 14.7. The number of rotatable bonds is 4. The number of benzene rings is 1. The van der Waals surface area contributed by atoms with Crippen LogP contribution in [0.1, 0.15) is 0 Å². The lowest BCUT2D eigenvalue weighted by atomic mass is 10.4. The van der Waals surface area contributed by atoms with E-state index in [0.717, 1.165) is 0 Å². The van der Waals surface area contributed by atoms with Crippen LogP contribution in [0.3, 0.4) is 0 Å². The highest BCUT2D eigenvalue weighted by molar-refractivity contribution is 7.89. The van der Waals surface area contributed by atoms with Crippen molar-refractivity contribution in [1.29, 1.82) is 0 Å². The second kappa shape index (κ2) is 5.64. The normalized spacial score (nSPS) is 15.9. The minimum absolute atomic E-state index is 0.168. The molecule has 0 N–H and O–H groups in total. The van der Waals surface area contributed by atoms with Gasteiger partial charge in [0, 0.05) is 0 Å². The summed E-state index contributed by atoms with van der Waals surface area (Å²) in [6.45, 7) is 3.78. The molecule has 0 fully saturated rings. The van der Waals surface area contributed by atoms with Crippen LogP contribution in [-0.4, -0.2) is 25.2 Å². The molecule has 0 radical (unpaired) electrons. The van der Waals surface area contributed by atoms with Gasteiger partial charge < -0.3 is 0 Å². The Labute approximate surface area is 112 Å². The SMILES string of the molecule is C[Si](C)(C)N=S(=O)(OCC(F)(F)F)c1ccccc1. The summed E-state index contributed by atoms with van der Waals surface area (Å²) in [5, 5.41) is 0. The lowest BCUT2D eigenvalue weighted by Gasteiger charge is -2.17. The van der Waals surface area contributed by atoms with Gasteiger partial charge in [-0.15, -0.1) is 0 Å². The van der Waals surface area contributed by atoms with Crippen LogP contribution >= 0.6 is 0 Å². The van der Waals surface area contributed by atoms with E-state index in [-0.39, 0.29) is 4.90 Å². The van der Waals surface area contributed by atoms with Crippen molar-refractivity contribution in [2.75, 3.05) is 6.61 Å². The standard InChI is InChI=1S/C11H16F3NO2SSi/c1-19(2,3)15-18(16,17-9-11(12,13)14)10-7-5-4-6-8-10/h4-8H,9H2,1-3H3. The van der Waals surface area contributed by atoms with E-state index in [4.69, 9.17) is 0 Å². The summed E-state index contributed by atoms with van der Waals surface area (Å²) in [7, 11) is -5.71. The van der Waals surface area contributed by atoms with Crippen LogP contribution < -0.4 is 0 Å². The Morgan fingerprint density at radius 2 is 1.74 bits per heavy atom. The van der Waals surface area contributed by atoms with Gasteiger partial charge in [-0.25, -0.2) is 4.21 Å². The van der Waals surface area contributed by atoms with Crippen LogP contribution in [0.15, 0.2) is 39.3 Å². The monoisotopic (exact) mass is 311 g/mol. The first-order valence-corrected chi connectivity index (χ1v) is 10.5. The zero-order valence-electron chi connectivity index (χ0n) is 10.9. The van der Waals surface area contributed by atoms with Gasteiger partial charge in [0.2, 0.25) is 0 Å². The molecule has 1 unspecified atom stereocenters. The maximum absolute atomic E-state index is 12.6. The van der Waals surface area contributed by atoms with E-state index in [1.165, 1.54) is 12.1 Å². The van der Waals surface area contributed by atoms with Crippen molar-refractivity contribution < 1.29 is 21.6 Å². The average Bonchev–Trinajstić information content (AvgIpc) is 2.25. The van der Waals surface area contributed by atoms with E-state index in [1.807, 2.05) is 0 Å². The lowest BCUT2D eigenvalue weighted by Crippen LogP contribution is -2.25. The molecule has 1 aromatic carbocycles. The molecule has 0 heterocycles. The summed E-state index contributed by atoms with van der Waals surface area (Å²) in [4.78, 5) is 0.168. The van der Waals surface area contributed by atoms with E-state index in [0.29, 0.717) is 0 Å². The molecule has 0 bridgehead atoms.